The monoisotopic (exact) mass is 369 g/mol. The average molecular weight is 369 g/mol. The Kier molecular flexibility index (Phi) is 5.40. The van der Waals surface area contributed by atoms with E-state index in [-0.39, 0.29) is 23.2 Å². The molecule has 27 heavy (non-hydrogen) atoms. The van der Waals surface area contributed by atoms with Crippen LogP contribution >= 0.6 is 0 Å². The highest BCUT2D eigenvalue weighted by Crippen LogP contribution is 2.29. The zero-order valence-electron chi connectivity index (χ0n) is 15.3. The summed E-state index contributed by atoms with van der Waals surface area (Å²) in [5.74, 6) is 0.347. The summed E-state index contributed by atoms with van der Waals surface area (Å²) in [6.45, 7) is 1.83. The summed E-state index contributed by atoms with van der Waals surface area (Å²) in [6, 6.07) is 11.0. The smallest absolute Gasteiger partial charge is 0.251 e. The fourth-order valence-electron chi connectivity index (χ4n) is 2.78. The van der Waals surface area contributed by atoms with Crippen LogP contribution in [0.25, 0.3) is 5.69 Å². The van der Waals surface area contributed by atoms with Crippen LogP contribution in [0, 0.1) is 5.82 Å². The van der Waals surface area contributed by atoms with Gasteiger partial charge in [0.05, 0.1) is 20.3 Å². The number of hydrogen-bond acceptors (Lipinski definition) is 4. The third kappa shape index (κ3) is 3.92. The Morgan fingerprint density at radius 1 is 1.19 bits per heavy atom. The predicted octanol–water partition coefficient (Wildman–Crippen LogP) is 3.52. The molecule has 7 heteroatoms. The van der Waals surface area contributed by atoms with Crippen LogP contribution < -0.4 is 14.8 Å². The quantitative estimate of drug-likeness (QED) is 0.722. The van der Waals surface area contributed by atoms with Gasteiger partial charge in [-0.05, 0) is 43.3 Å². The number of hydrogen-bond donors (Lipinski definition) is 1. The number of rotatable bonds is 6. The first kappa shape index (κ1) is 18.4. The van der Waals surface area contributed by atoms with Gasteiger partial charge in [0.1, 0.15) is 23.0 Å². The largest absolute Gasteiger partial charge is 0.497 e. The molecule has 0 radical (unpaired) electrons. The van der Waals surface area contributed by atoms with Crippen molar-refractivity contribution in [2.45, 2.75) is 13.0 Å². The molecule has 0 unspecified atom stereocenters. The second-order valence-electron chi connectivity index (χ2n) is 5.92. The minimum absolute atomic E-state index is 0.225. The minimum atomic E-state index is -0.527. The first-order valence-corrected chi connectivity index (χ1v) is 8.36. The number of halogens is 1. The first-order valence-electron chi connectivity index (χ1n) is 8.36. The molecule has 0 spiro atoms. The maximum Gasteiger partial charge on any atom is 0.251 e. The zero-order valence-corrected chi connectivity index (χ0v) is 15.3. The molecule has 0 saturated carbocycles. The molecule has 0 aliphatic heterocycles. The number of benzene rings is 2. The normalized spacial score (nSPS) is 11.7. The summed E-state index contributed by atoms with van der Waals surface area (Å²) in [7, 11) is 3.12. The van der Waals surface area contributed by atoms with Crippen molar-refractivity contribution in [3.8, 4) is 17.2 Å². The van der Waals surface area contributed by atoms with Gasteiger partial charge in [0, 0.05) is 29.6 Å². The highest BCUT2D eigenvalue weighted by molar-refractivity contribution is 5.94. The Bertz CT molecular complexity index is 942. The first-order chi connectivity index (χ1) is 13.0. The van der Waals surface area contributed by atoms with E-state index in [0.717, 1.165) is 5.56 Å². The van der Waals surface area contributed by atoms with Gasteiger partial charge in [0.2, 0.25) is 0 Å². The summed E-state index contributed by atoms with van der Waals surface area (Å²) in [4.78, 5) is 12.5. The van der Waals surface area contributed by atoms with Crippen molar-refractivity contribution in [2.75, 3.05) is 14.2 Å². The molecular weight excluding hydrogens is 349 g/mol. The standard InChI is InChI=1S/C20H20FN3O3/c1-13(16-7-6-15(26-2)12-19(16)27-3)23-20(25)14-5-8-18(17(21)11-14)24-10-4-9-22-24/h4-13H,1-3H3,(H,23,25)/t13-/m1/s1. The van der Waals surface area contributed by atoms with Crippen LogP contribution in [0.4, 0.5) is 4.39 Å². The molecule has 3 rings (SSSR count). The van der Waals surface area contributed by atoms with Gasteiger partial charge in [-0.25, -0.2) is 9.07 Å². The lowest BCUT2D eigenvalue weighted by Gasteiger charge is -2.18. The Balaban J connectivity index is 1.78. The summed E-state index contributed by atoms with van der Waals surface area (Å²) in [5, 5.41) is 6.85. The van der Waals surface area contributed by atoms with Gasteiger partial charge in [-0.15, -0.1) is 0 Å². The van der Waals surface area contributed by atoms with Crippen LogP contribution in [0.3, 0.4) is 0 Å². The highest BCUT2D eigenvalue weighted by atomic mass is 19.1. The van der Waals surface area contributed by atoms with Crippen molar-refractivity contribution in [2.24, 2.45) is 0 Å². The van der Waals surface area contributed by atoms with E-state index in [2.05, 4.69) is 10.4 Å². The highest BCUT2D eigenvalue weighted by Gasteiger charge is 2.17. The van der Waals surface area contributed by atoms with Crippen molar-refractivity contribution in [1.29, 1.82) is 0 Å². The Morgan fingerprint density at radius 3 is 2.63 bits per heavy atom. The third-order valence-corrected chi connectivity index (χ3v) is 4.22. The summed E-state index contributed by atoms with van der Waals surface area (Å²) in [6.07, 6.45) is 3.19. The van der Waals surface area contributed by atoms with Crippen molar-refractivity contribution < 1.29 is 18.7 Å². The minimum Gasteiger partial charge on any atom is -0.497 e. The van der Waals surface area contributed by atoms with Crippen LogP contribution in [0.2, 0.25) is 0 Å². The number of carbonyl (C=O) groups is 1. The molecule has 1 amide bonds. The third-order valence-electron chi connectivity index (χ3n) is 4.22. The molecule has 1 heterocycles. The molecule has 6 nitrogen and oxygen atoms in total. The SMILES string of the molecule is COc1ccc([C@@H](C)NC(=O)c2ccc(-n3cccn3)c(F)c2)c(OC)c1. The maximum absolute atomic E-state index is 14.4. The van der Waals surface area contributed by atoms with E-state index in [0.29, 0.717) is 11.5 Å². The fourth-order valence-corrected chi connectivity index (χ4v) is 2.78. The topological polar surface area (TPSA) is 65.4 Å². The molecule has 1 N–H and O–H groups in total. The molecule has 2 aromatic carbocycles. The average Bonchev–Trinajstić information content (AvgIpc) is 3.21. The second-order valence-corrected chi connectivity index (χ2v) is 5.92. The van der Waals surface area contributed by atoms with E-state index < -0.39 is 5.82 Å². The van der Waals surface area contributed by atoms with E-state index in [1.165, 1.54) is 16.8 Å². The molecule has 1 atom stereocenters. The molecular formula is C20H20FN3O3. The number of amides is 1. The van der Waals surface area contributed by atoms with E-state index in [1.54, 1.807) is 50.9 Å². The van der Waals surface area contributed by atoms with Crippen LogP contribution in [-0.4, -0.2) is 29.9 Å². The molecule has 140 valence electrons. The molecule has 0 bridgehead atoms. The lowest BCUT2D eigenvalue weighted by Crippen LogP contribution is -2.27. The van der Waals surface area contributed by atoms with Crippen LogP contribution in [0.1, 0.15) is 28.9 Å². The Labute approximate surface area is 156 Å². The number of carbonyl (C=O) groups excluding carboxylic acids is 1. The van der Waals surface area contributed by atoms with Gasteiger partial charge < -0.3 is 14.8 Å². The lowest BCUT2D eigenvalue weighted by molar-refractivity contribution is 0.0939. The van der Waals surface area contributed by atoms with Gasteiger partial charge in [-0.1, -0.05) is 0 Å². The number of nitrogens with one attached hydrogen (secondary N) is 1. The molecule has 3 aromatic rings. The van der Waals surface area contributed by atoms with Crippen molar-refractivity contribution in [3.05, 3.63) is 71.8 Å². The molecule has 0 fully saturated rings. The van der Waals surface area contributed by atoms with Gasteiger partial charge in [0.15, 0.2) is 0 Å². The molecule has 0 aliphatic rings. The van der Waals surface area contributed by atoms with E-state index in [9.17, 15) is 9.18 Å². The van der Waals surface area contributed by atoms with Crippen molar-refractivity contribution >= 4 is 5.91 Å². The maximum atomic E-state index is 14.4. The van der Waals surface area contributed by atoms with Crippen molar-refractivity contribution in [3.63, 3.8) is 0 Å². The summed E-state index contributed by atoms with van der Waals surface area (Å²) in [5.41, 5.74) is 1.30. The number of nitrogens with zero attached hydrogens (tertiary/aromatic N) is 2. The van der Waals surface area contributed by atoms with E-state index in [4.69, 9.17) is 9.47 Å². The zero-order chi connectivity index (χ0) is 19.4. The summed E-state index contributed by atoms with van der Waals surface area (Å²) < 4.78 is 26.3. The van der Waals surface area contributed by atoms with Gasteiger partial charge in [0.25, 0.3) is 5.91 Å². The second kappa shape index (κ2) is 7.90. The lowest BCUT2D eigenvalue weighted by atomic mass is 10.1. The molecule has 0 saturated heterocycles. The number of methoxy groups -OCH3 is 2. The van der Waals surface area contributed by atoms with Crippen molar-refractivity contribution in [1.82, 2.24) is 15.1 Å². The fraction of sp³-hybridized carbons (Fsp3) is 0.200. The molecule has 0 aliphatic carbocycles. The van der Waals surface area contributed by atoms with E-state index in [1.807, 2.05) is 13.0 Å². The Hall–Kier alpha value is -3.35. The van der Waals surface area contributed by atoms with Gasteiger partial charge >= 0.3 is 0 Å². The number of ether oxygens (including phenoxy) is 2. The van der Waals surface area contributed by atoms with Crippen LogP contribution in [0.5, 0.6) is 11.5 Å². The van der Waals surface area contributed by atoms with Crippen LogP contribution in [0.15, 0.2) is 54.9 Å². The summed E-state index contributed by atoms with van der Waals surface area (Å²) >= 11 is 0. The van der Waals surface area contributed by atoms with E-state index >= 15 is 0 Å². The number of aromatic nitrogens is 2. The predicted molar refractivity (Wildman–Crippen MR) is 98.9 cm³/mol. The Morgan fingerprint density at radius 2 is 2.00 bits per heavy atom. The van der Waals surface area contributed by atoms with Crippen LogP contribution in [-0.2, 0) is 0 Å². The van der Waals surface area contributed by atoms with Gasteiger partial charge in [-0.3, -0.25) is 4.79 Å². The molecule has 1 aromatic heterocycles. The van der Waals surface area contributed by atoms with Gasteiger partial charge in [-0.2, -0.15) is 5.10 Å².